The molecule has 0 aliphatic rings. The highest BCUT2D eigenvalue weighted by Gasteiger charge is 2.06. The van der Waals surface area contributed by atoms with Gasteiger partial charge in [-0.15, -0.1) is 0 Å². The zero-order valence-electron chi connectivity index (χ0n) is 9.00. The van der Waals surface area contributed by atoms with Crippen LogP contribution in [0.4, 0.5) is 0 Å². The largest absolute Gasteiger partial charge is 0.487 e. The molecule has 0 amide bonds. The normalized spacial score (nSPS) is 10.1. The van der Waals surface area contributed by atoms with Crippen molar-refractivity contribution in [3.8, 4) is 11.5 Å². The molecule has 0 spiro atoms. The summed E-state index contributed by atoms with van der Waals surface area (Å²) in [6, 6.07) is 5.89. The number of hydrogen-bond donors (Lipinski definition) is 0. The number of rotatable bonds is 5. The molecular formula is C12H15IO2. The summed E-state index contributed by atoms with van der Waals surface area (Å²) in [6.07, 6.45) is 1.87. The van der Waals surface area contributed by atoms with Gasteiger partial charge in [-0.25, -0.2) is 0 Å². The molecule has 0 aliphatic heterocycles. The van der Waals surface area contributed by atoms with Crippen LogP contribution in [-0.4, -0.2) is 12.7 Å². The molecule has 1 aromatic carbocycles. The van der Waals surface area contributed by atoms with Crippen molar-refractivity contribution >= 4 is 22.6 Å². The Labute approximate surface area is 104 Å². The minimum atomic E-state index is 0.149. The third-order valence-electron chi connectivity index (χ3n) is 1.63. The zero-order chi connectivity index (χ0) is 11.3. The van der Waals surface area contributed by atoms with Gasteiger partial charge in [0.05, 0.1) is 6.10 Å². The van der Waals surface area contributed by atoms with Crippen LogP contribution in [0.1, 0.15) is 13.8 Å². The van der Waals surface area contributed by atoms with Gasteiger partial charge in [-0.1, -0.05) is 12.7 Å². The SMILES string of the molecule is C=CCOc1cc(I)ccc1OC(C)C. The fourth-order valence-corrected chi connectivity index (χ4v) is 1.56. The zero-order valence-corrected chi connectivity index (χ0v) is 11.2. The minimum Gasteiger partial charge on any atom is -0.487 e. The van der Waals surface area contributed by atoms with Gasteiger partial charge in [0.1, 0.15) is 6.61 Å². The third-order valence-corrected chi connectivity index (χ3v) is 2.30. The van der Waals surface area contributed by atoms with Gasteiger partial charge in [-0.3, -0.25) is 0 Å². The van der Waals surface area contributed by atoms with Gasteiger partial charge in [0.2, 0.25) is 0 Å². The van der Waals surface area contributed by atoms with Gasteiger partial charge in [0, 0.05) is 3.57 Å². The number of ether oxygens (including phenoxy) is 2. The van der Waals surface area contributed by atoms with E-state index in [1.165, 1.54) is 0 Å². The molecule has 0 N–H and O–H groups in total. The van der Waals surface area contributed by atoms with Gasteiger partial charge in [-0.05, 0) is 54.6 Å². The summed E-state index contributed by atoms with van der Waals surface area (Å²) in [5.41, 5.74) is 0. The molecule has 0 aromatic heterocycles. The van der Waals surface area contributed by atoms with Crippen LogP contribution < -0.4 is 9.47 Å². The standard InChI is InChI=1S/C12H15IO2/c1-4-7-14-12-8-10(13)5-6-11(12)15-9(2)3/h4-6,8-9H,1,7H2,2-3H3. The Bertz CT molecular complexity index is 334. The van der Waals surface area contributed by atoms with Crippen molar-refractivity contribution in [1.29, 1.82) is 0 Å². The van der Waals surface area contributed by atoms with Crippen LogP contribution in [0.2, 0.25) is 0 Å². The molecule has 0 saturated heterocycles. The number of halogens is 1. The van der Waals surface area contributed by atoms with Crippen molar-refractivity contribution in [3.63, 3.8) is 0 Å². The highest BCUT2D eigenvalue weighted by molar-refractivity contribution is 14.1. The Hall–Kier alpha value is -0.710. The number of hydrogen-bond acceptors (Lipinski definition) is 2. The van der Waals surface area contributed by atoms with Crippen molar-refractivity contribution in [2.24, 2.45) is 0 Å². The molecule has 0 atom stereocenters. The summed E-state index contributed by atoms with van der Waals surface area (Å²) >= 11 is 2.25. The molecule has 0 unspecified atom stereocenters. The molecule has 0 heterocycles. The van der Waals surface area contributed by atoms with Crippen LogP contribution in [0, 0.1) is 3.57 Å². The molecule has 0 fully saturated rings. The van der Waals surface area contributed by atoms with Gasteiger partial charge >= 0.3 is 0 Å². The molecule has 0 radical (unpaired) electrons. The van der Waals surface area contributed by atoms with E-state index in [1.807, 2.05) is 32.0 Å². The molecule has 3 heteroatoms. The molecule has 0 aliphatic carbocycles. The van der Waals surface area contributed by atoms with Crippen LogP contribution >= 0.6 is 22.6 Å². The molecule has 1 aromatic rings. The molecule has 82 valence electrons. The topological polar surface area (TPSA) is 18.5 Å². The lowest BCUT2D eigenvalue weighted by atomic mass is 10.3. The van der Waals surface area contributed by atoms with Crippen molar-refractivity contribution in [3.05, 3.63) is 34.4 Å². The molecular weight excluding hydrogens is 303 g/mol. The molecule has 1 rings (SSSR count). The summed E-state index contributed by atoms with van der Waals surface area (Å²) in [7, 11) is 0. The van der Waals surface area contributed by atoms with E-state index < -0.39 is 0 Å². The van der Waals surface area contributed by atoms with Gasteiger partial charge in [0.15, 0.2) is 11.5 Å². The summed E-state index contributed by atoms with van der Waals surface area (Å²) in [4.78, 5) is 0. The lowest BCUT2D eigenvalue weighted by molar-refractivity contribution is 0.226. The maximum atomic E-state index is 5.63. The van der Waals surface area contributed by atoms with Crippen LogP contribution in [0.25, 0.3) is 0 Å². The second-order valence-corrected chi connectivity index (χ2v) is 4.60. The fraction of sp³-hybridized carbons (Fsp3) is 0.333. The molecule has 2 nitrogen and oxygen atoms in total. The predicted molar refractivity (Wildman–Crippen MR) is 70.6 cm³/mol. The van der Waals surface area contributed by atoms with Crippen molar-refractivity contribution in [2.75, 3.05) is 6.61 Å². The van der Waals surface area contributed by atoms with Crippen LogP contribution in [0.3, 0.4) is 0 Å². The van der Waals surface area contributed by atoms with E-state index >= 15 is 0 Å². The predicted octanol–water partition coefficient (Wildman–Crippen LogP) is 3.64. The number of benzene rings is 1. The van der Waals surface area contributed by atoms with E-state index in [-0.39, 0.29) is 6.10 Å². The lowest BCUT2D eigenvalue weighted by Crippen LogP contribution is -2.07. The minimum absolute atomic E-state index is 0.149. The maximum absolute atomic E-state index is 5.63. The quantitative estimate of drug-likeness (QED) is 0.609. The van der Waals surface area contributed by atoms with E-state index in [4.69, 9.17) is 9.47 Å². The van der Waals surface area contributed by atoms with Crippen molar-refractivity contribution < 1.29 is 9.47 Å². The van der Waals surface area contributed by atoms with Gasteiger partial charge < -0.3 is 9.47 Å². The van der Waals surface area contributed by atoms with Crippen molar-refractivity contribution in [1.82, 2.24) is 0 Å². The fourth-order valence-electron chi connectivity index (χ4n) is 1.09. The lowest BCUT2D eigenvalue weighted by Gasteiger charge is -2.14. The smallest absolute Gasteiger partial charge is 0.162 e. The molecule has 15 heavy (non-hydrogen) atoms. The van der Waals surface area contributed by atoms with Crippen molar-refractivity contribution in [2.45, 2.75) is 20.0 Å². The Morgan fingerprint density at radius 1 is 1.40 bits per heavy atom. The second kappa shape index (κ2) is 6.00. The van der Waals surface area contributed by atoms with Crippen LogP contribution in [0.15, 0.2) is 30.9 Å². The first-order valence-corrected chi connectivity index (χ1v) is 5.91. The first kappa shape index (κ1) is 12.4. The van der Waals surface area contributed by atoms with E-state index in [1.54, 1.807) is 6.08 Å². The van der Waals surface area contributed by atoms with Gasteiger partial charge in [-0.2, -0.15) is 0 Å². The average Bonchev–Trinajstić information content (AvgIpc) is 2.18. The van der Waals surface area contributed by atoms with Gasteiger partial charge in [0.25, 0.3) is 0 Å². The average molecular weight is 318 g/mol. The van der Waals surface area contributed by atoms with Crippen LogP contribution in [0.5, 0.6) is 11.5 Å². The van der Waals surface area contributed by atoms with E-state index in [2.05, 4.69) is 29.2 Å². The van der Waals surface area contributed by atoms with E-state index in [0.29, 0.717) is 6.61 Å². The summed E-state index contributed by atoms with van der Waals surface area (Å²) in [6.45, 7) is 8.11. The first-order chi connectivity index (χ1) is 7.13. The molecule has 0 bridgehead atoms. The summed E-state index contributed by atoms with van der Waals surface area (Å²) in [5.74, 6) is 1.56. The Balaban J connectivity index is 2.86. The second-order valence-electron chi connectivity index (χ2n) is 3.36. The van der Waals surface area contributed by atoms with E-state index in [9.17, 15) is 0 Å². The highest BCUT2D eigenvalue weighted by Crippen LogP contribution is 2.29. The summed E-state index contributed by atoms with van der Waals surface area (Å²) in [5, 5.41) is 0. The maximum Gasteiger partial charge on any atom is 0.162 e. The Morgan fingerprint density at radius 2 is 2.13 bits per heavy atom. The third kappa shape index (κ3) is 4.11. The molecule has 0 saturated carbocycles. The van der Waals surface area contributed by atoms with E-state index in [0.717, 1.165) is 15.1 Å². The van der Waals surface area contributed by atoms with Crippen LogP contribution in [-0.2, 0) is 0 Å². The highest BCUT2D eigenvalue weighted by atomic mass is 127. The Morgan fingerprint density at radius 3 is 2.73 bits per heavy atom. The summed E-state index contributed by atoms with van der Waals surface area (Å²) < 4.78 is 12.3. The Kier molecular flexibility index (Phi) is 4.94. The monoisotopic (exact) mass is 318 g/mol. The first-order valence-electron chi connectivity index (χ1n) is 4.83.